The number of hydrogen-bond acceptors (Lipinski definition) is 5. The van der Waals surface area contributed by atoms with Gasteiger partial charge in [-0.1, -0.05) is 27.2 Å². The van der Waals surface area contributed by atoms with Crippen molar-refractivity contribution in [1.82, 2.24) is 15.1 Å². The van der Waals surface area contributed by atoms with E-state index in [1.165, 1.54) is 0 Å². The minimum atomic E-state index is 0.356. The molecule has 0 aliphatic carbocycles. The normalized spacial score (nSPS) is 10.7. The summed E-state index contributed by atoms with van der Waals surface area (Å²) in [4.78, 5) is 8.53. The summed E-state index contributed by atoms with van der Waals surface area (Å²) >= 11 is 3.43. The number of halogens is 1. The van der Waals surface area contributed by atoms with Gasteiger partial charge in [-0.2, -0.15) is 4.98 Å². The highest BCUT2D eigenvalue weighted by Gasteiger charge is 2.13. The van der Waals surface area contributed by atoms with Crippen LogP contribution in [0, 0.1) is 6.92 Å². The fourth-order valence-corrected chi connectivity index (χ4v) is 2.36. The van der Waals surface area contributed by atoms with Gasteiger partial charge in [0.25, 0.3) is 5.89 Å². The van der Waals surface area contributed by atoms with E-state index in [1.807, 2.05) is 25.1 Å². The second-order valence-corrected chi connectivity index (χ2v) is 5.25. The first-order valence-electron chi connectivity index (χ1n) is 5.96. The first-order valence-corrected chi connectivity index (χ1v) is 6.76. The molecule has 0 saturated carbocycles. The molecule has 0 aliphatic rings. The van der Waals surface area contributed by atoms with Crippen molar-refractivity contribution in [2.75, 3.05) is 5.73 Å². The van der Waals surface area contributed by atoms with E-state index in [4.69, 9.17) is 10.3 Å². The zero-order valence-corrected chi connectivity index (χ0v) is 12.3. The molecule has 3 aromatic rings. The molecular formula is C14H11BrN4O. The van der Waals surface area contributed by atoms with Crippen LogP contribution < -0.4 is 5.73 Å². The summed E-state index contributed by atoms with van der Waals surface area (Å²) in [6, 6.07) is 11.2. The van der Waals surface area contributed by atoms with Crippen LogP contribution in [0.1, 0.15) is 5.56 Å². The Bertz CT molecular complexity index is 769. The number of nitrogen functional groups attached to an aromatic ring is 1. The predicted molar refractivity (Wildman–Crippen MR) is 79.8 cm³/mol. The first kappa shape index (κ1) is 12.8. The molecule has 2 heterocycles. The molecule has 0 fully saturated rings. The highest BCUT2D eigenvalue weighted by Crippen LogP contribution is 2.26. The van der Waals surface area contributed by atoms with Crippen molar-refractivity contribution in [2.45, 2.75) is 6.92 Å². The van der Waals surface area contributed by atoms with Gasteiger partial charge < -0.3 is 10.3 Å². The van der Waals surface area contributed by atoms with E-state index in [0.717, 1.165) is 15.6 Å². The molecule has 0 spiro atoms. The summed E-state index contributed by atoms with van der Waals surface area (Å²) in [5.74, 6) is 1.31. The van der Waals surface area contributed by atoms with E-state index < -0.39 is 0 Å². The lowest BCUT2D eigenvalue weighted by Crippen LogP contribution is -1.91. The van der Waals surface area contributed by atoms with Gasteiger partial charge in [-0.05, 0) is 42.8 Å². The Morgan fingerprint density at radius 2 is 2.00 bits per heavy atom. The summed E-state index contributed by atoms with van der Waals surface area (Å²) in [6.45, 7) is 1.99. The van der Waals surface area contributed by atoms with Gasteiger partial charge in [0.2, 0.25) is 5.82 Å². The fourth-order valence-electron chi connectivity index (χ4n) is 1.89. The maximum atomic E-state index is 5.65. The van der Waals surface area contributed by atoms with Gasteiger partial charge in [-0.15, -0.1) is 0 Å². The van der Waals surface area contributed by atoms with Crippen molar-refractivity contribution in [3.63, 3.8) is 0 Å². The summed E-state index contributed by atoms with van der Waals surface area (Å²) in [5, 5.41) is 4.00. The molecule has 2 aromatic heterocycles. The number of pyridine rings is 1. The molecule has 0 amide bonds. The second kappa shape index (κ2) is 5.05. The third-order valence-electron chi connectivity index (χ3n) is 2.85. The molecule has 0 bridgehead atoms. The van der Waals surface area contributed by atoms with Gasteiger partial charge in [0.1, 0.15) is 11.5 Å². The van der Waals surface area contributed by atoms with Crippen molar-refractivity contribution in [3.05, 3.63) is 46.4 Å². The molecule has 6 heteroatoms. The van der Waals surface area contributed by atoms with Crippen LogP contribution in [-0.2, 0) is 0 Å². The lowest BCUT2D eigenvalue weighted by molar-refractivity contribution is 0.431. The Morgan fingerprint density at radius 3 is 2.75 bits per heavy atom. The molecule has 0 radical (unpaired) electrons. The van der Waals surface area contributed by atoms with Gasteiger partial charge >= 0.3 is 0 Å². The van der Waals surface area contributed by atoms with Crippen molar-refractivity contribution in [3.8, 4) is 23.0 Å². The molecule has 0 aliphatic heterocycles. The van der Waals surface area contributed by atoms with E-state index in [2.05, 4.69) is 31.1 Å². The maximum Gasteiger partial charge on any atom is 0.276 e. The minimum Gasteiger partial charge on any atom is -0.384 e. The van der Waals surface area contributed by atoms with Crippen LogP contribution in [0.15, 0.2) is 45.4 Å². The highest BCUT2D eigenvalue weighted by atomic mass is 79.9. The zero-order valence-electron chi connectivity index (χ0n) is 10.7. The van der Waals surface area contributed by atoms with Crippen LogP contribution >= 0.6 is 15.9 Å². The molecule has 3 rings (SSSR count). The van der Waals surface area contributed by atoms with Crippen LogP contribution in [0.3, 0.4) is 0 Å². The minimum absolute atomic E-state index is 0.356. The third-order valence-corrected chi connectivity index (χ3v) is 3.34. The summed E-state index contributed by atoms with van der Waals surface area (Å²) in [6.07, 6.45) is 0. The van der Waals surface area contributed by atoms with Gasteiger partial charge in [-0.3, -0.25) is 0 Å². The monoisotopic (exact) mass is 330 g/mol. The number of nitrogens with two attached hydrogens (primary N) is 1. The van der Waals surface area contributed by atoms with Crippen LogP contribution in [-0.4, -0.2) is 15.1 Å². The lowest BCUT2D eigenvalue weighted by Gasteiger charge is -2.00. The summed E-state index contributed by atoms with van der Waals surface area (Å²) in [7, 11) is 0. The summed E-state index contributed by atoms with van der Waals surface area (Å²) in [5.41, 5.74) is 8.20. The Labute approximate surface area is 124 Å². The predicted octanol–water partition coefficient (Wildman–Crippen LogP) is 3.45. The molecule has 0 unspecified atom stereocenters. The SMILES string of the molecule is Cc1cc(Br)ccc1-c1noc(-c2cccc(N)n2)n1. The molecule has 20 heavy (non-hydrogen) atoms. The van der Waals surface area contributed by atoms with Gasteiger partial charge in [-0.25, -0.2) is 4.98 Å². The average Bonchev–Trinajstić information content (AvgIpc) is 2.88. The van der Waals surface area contributed by atoms with E-state index in [-0.39, 0.29) is 0 Å². The average molecular weight is 331 g/mol. The Kier molecular flexibility index (Phi) is 3.23. The van der Waals surface area contributed by atoms with Crippen molar-refractivity contribution in [2.24, 2.45) is 0 Å². The Balaban J connectivity index is 2.02. The van der Waals surface area contributed by atoms with Gasteiger partial charge in [0, 0.05) is 10.0 Å². The quantitative estimate of drug-likeness (QED) is 0.778. The molecule has 0 saturated heterocycles. The standard InChI is InChI=1S/C14H11BrN4O/c1-8-7-9(15)5-6-10(8)13-18-14(20-19-13)11-3-2-4-12(16)17-11/h2-7H,1H3,(H2,16,17). The van der Waals surface area contributed by atoms with Crippen LogP contribution in [0.25, 0.3) is 23.0 Å². The molecule has 5 nitrogen and oxygen atoms in total. The molecule has 100 valence electrons. The highest BCUT2D eigenvalue weighted by molar-refractivity contribution is 9.10. The Hall–Kier alpha value is -2.21. The maximum absolute atomic E-state index is 5.65. The van der Waals surface area contributed by atoms with E-state index in [1.54, 1.807) is 18.2 Å². The topological polar surface area (TPSA) is 77.8 Å². The number of nitrogens with zero attached hydrogens (tertiary/aromatic N) is 3. The lowest BCUT2D eigenvalue weighted by atomic mass is 10.1. The number of hydrogen-bond donors (Lipinski definition) is 1. The molecule has 0 atom stereocenters. The fraction of sp³-hybridized carbons (Fsp3) is 0.0714. The van der Waals surface area contributed by atoms with Gasteiger partial charge in [0.05, 0.1) is 0 Å². The number of benzene rings is 1. The van der Waals surface area contributed by atoms with Crippen LogP contribution in [0.5, 0.6) is 0 Å². The van der Waals surface area contributed by atoms with Crippen molar-refractivity contribution >= 4 is 21.7 Å². The van der Waals surface area contributed by atoms with E-state index >= 15 is 0 Å². The molecular weight excluding hydrogens is 320 g/mol. The van der Waals surface area contributed by atoms with E-state index in [9.17, 15) is 0 Å². The van der Waals surface area contributed by atoms with Crippen LogP contribution in [0.2, 0.25) is 0 Å². The van der Waals surface area contributed by atoms with Crippen molar-refractivity contribution < 1.29 is 4.52 Å². The van der Waals surface area contributed by atoms with E-state index in [0.29, 0.717) is 23.2 Å². The molecule has 1 aromatic carbocycles. The zero-order chi connectivity index (χ0) is 14.1. The first-order chi connectivity index (χ1) is 9.63. The Morgan fingerprint density at radius 1 is 1.15 bits per heavy atom. The molecule has 2 N–H and O–H groups in total. The second-order valence-electron chi connectivity index (χ2n) is 4.33. The smallest absolute Gasteiger partial charge is 0.276 e. The summed E-state index contributed by atoms with van der Waals surface area (Å²) < 4.78 is 6.27. The van der Waals surface area contributed by atoms with Gasteiger partial charge in [0.15, 0.2) is 0 Å². The van der Waals surface area contributed by atoms with Crippen molar-refractivity contribution in [1.29, 1.82) is 0 Å². The number of rotatable bonds is 2. The third kappa shape index (κ3) is 2.42. The van der Waals surface area contributed by atoms with Crippen LogP contribution in [0.4, 0.5) is 5.82 Å². The largest absolute Gasteiger partial charge is 0.384 e. The number of aryl methyl sites for hydroxylation is 1. The number of anilines is 1. The number of aromatic nitrogens is 3.